The summed E-state index contributed by atoms with van der Waals surface area (Å²) in [6.45, 7) is 1.93. The van der Waals surface area contributed by atoms with E-state index in [2.05, 4.69) is 10.3 Å². The molecule has 0 radical (unpaired) electrons. The summed E-state index contributed by atoms with van der Waals surface area (Å²) in [4.78, 5) is 16.4. The van der Waals surface area contributed by atoms with Gasteiger partial charge in [0.15, 0.2) is 5.13 Å². The van der Waals surface area contributed by atoms with Crippen LogP contribution in [0.4, 0.5) is 5.13 Å². The molecule has 0 fully saturated rings. The molecular formula is C17H11Cl3N2OS. The fraction of sp³-hybridized carbons (Fsp3) is 0.0588. The normalized spacial score (nSPS) is 11.3. The molecule has 0 aliphatic heterocycles. The molecule has 0 unspecified atom stereocenters. The molecule has 0 aliphatic carbocycles. The molecule has 0 bridgehead atoms. The van der Waals surface area contributed by atoms with Gasteiger partial charge < -0.3 is 0 Å². The number of benzene rings is 2. The van der Waals surface area contributed by atoms with Crippen molar-refractivity contribution in [2.24, 2.45) is 0 Å². The van der Waals surface area contributed by atoms with E-state index in [1.807, 2.05) is 13.0 Å². The topological polar surface area (TPSA) is 42.0 Å². The first-order chi connectivity index (χ1) is 11.4. The monoisotopic (exact) mass is 396 g/mol. The standard InChI is InChI=1S/C17H11Cl3N2OS/c1-9-6-15-14(8-12(9)19)21-17(24-15)22-16(23)5-3-10-2-4-11(18)7-13(10)20/h2-8H,1H3,(H,21,22,23). The molecule has 1 N–H and O–H groups in total. The van der Waals surface area contributed by atoms with Crippen molar-refractivity contribution in [3.05, 3.63) is 62.6 Å². The molecule has 1 amide bonds. The first-order valence-electron chi connectivity index (χ1n) is 6.93. The number of nitrogens with zero attached hydrogens (tertiary/aromatic N) is 1. The molecule has 24 heavy (non-hydrogen) atoms. The zero-order valence-corrected chi connectivity index (χ0v) is 15.5. The first-order valence-corrected chi connectivity index (χ1v) is 8.88. The molecular weight excluding hydrogens is 387 g/mol. The zero-order chi connectivity index (χ0) is 17.3. The number of amides is 1. The fourth-order valence-corrected chi connectivity index (χ4v) is 3.63. The molecule has 0 atom stereocenters. The zero-order valence-electron chi connectivity index (χ0n) is 12.4. The molecule has 1 aromatic heterocycles. The number of nitrogens with one attached hydrogen (secondary N) is 1. The van der Waals surface area contributed by atoms with E-state index in [9.17, 15) is 4.79 Å². The summed E-state index contributed by atoms with van der Waals surface area (Å²) in [6, 6.07) is 8.83. The highest BCUT2D eigenvalue weighted by molar-refractivity contribution is 7.22. The molecule has 0 saturated carbocycles. The molecule has 3 nitrogen and oxygen atoms in total. The summed E-state index contributed by atoms with van der Waals surface area (Å²) in [5, 5.41) is 4.94. The van der Waals surface area contributed by atoms with Crippen molar-refractivity contribution in [1.82, 2.24) is 4.98 Å². The minimum Gasteiger partial charge on any atom is -0.298 e. The number of hydrogen-bond acceptors (Lipinski definition) is 3. The smallest absolute Gasteiger partial charge is 0.250 e. The number of aryl methyl sites for hydroxylation is 1. The lowest BCUT2D eigenvalue weighted by Crippen LogP contribution is -2.07. The third-order valence-corrected chi connectivity index (χ3v) is 5.18. The van der Waals surface area contributed by atoms with Crippen LogP contribution in [-0.4, -0.2) is 10.9 Å². The van der Waals surface area contributed by atoms with E-state index >= 15 is 0 Å². The van der Waals surface area contributed by atoms with E-state index in [4.69, 9.17) is 34.8 Å². The van der Waals surface area contributed by atoms with Gasteiger partial charge in [-0.1, -0.05) is 52.2 Å². The molecule has 2 aromatic carbocycles. The Hall–Kier alpha value is -1.59. The van der Waals surface area contributed by atoms with Crippen LogP contribution in [0.25, 0.3) is 16.3 Å². The molecule has 0 spiro atoms. The predicted molar refractivity (Wildman–Crippen MR) is 103 cm³/mol. The maximum atomic E-state index is 12.0. The minimum atomic E-state index is -0.289. The highest BCUT2D eigenvalue weighted by atomic mass is 35.5. The van der Waals surface area contributed by atoms with E-state index in [1.165, 1.54) is 17.4 Å². The molecule has 3 rings (SSSR count). The quantitative estimate of drug-likeness (QED) is 0.533. The third kappa shape index (κ3) is 3.90. The van der Waals surface area contributed by atoms with Gasteiger partial charge in [-0.2, -0.15) is 0 Å². The number of fused-ring (bicyclic) bond motifs is 1. The maximum Gasteiger partial charge on any atom is 0.250 e. The third-order valence-electron chi connectivity index (χ3n) is 3.28. The number of anilines is 1. The number of carbonyl (C=O) groups is 1. The van der Waals surface area contributed by atoms with Crippen LogP contribution in [0, 0.1) is 6.92 Å². The second-order valence-corrected chi connectivity index (χ2v) is 7.36. The van der Waals surface area contributed by atoms with E-state index in [1.54, 1.807) is 30.3 Å². The second-order valence-electron chi connectivity index (χ2n) is 5.08. The van der Waals surface area contributed by atoms with Crippen molar-refractivity contribution in [1.29, 1.82) is 0 Å². The molecule has 122 valence electrons. The summed E-state index contributed by atoms with van der Waals surface area (Å²) in [5.74, 6) is -0.289. The first kappa shape index (κ1) is 17.2. The van der Waals surface area contributed by atoms with Gasteiger partial charge in [0.1, 0.15) is 0 Å². The lowest BCUT2D eigenvalue weighted by Gasteiger charge is -1.99. The number of halogens is 3. The van der Waals surface area contributed by atoms with Crippen LogP contribution in [0.2, 0.25) is 15.1 Å². The van der Waals surface area contributed by atoms with E-state index < -0.39 is 0 Å². The summed E-state index contributed by atoms with van der Waals surface area (Å²) >= 11 is 19.4. The summed E-state index contributed by atoms with van der Waals surface area (Å²) in [7, 11) is 0. The highest BCUT2D eigenvalue weighted by Gasteiger charge is 2.08. The SMILES string of the molecule is Cc1cc2sc(NC(=O)C=Cc3ccc(Cl)cc3Cl)nc2cc1Cl. The lowest BCUT2D eigenvalue weighted by molar-refractivity contribution is -0.111. The lowest BCUT2D eigenvalue weighted by atomic mass is 10.2. The van der Waals surface area contributed by atoms with Gasteiger partial charge in [0.05, 0.1) is 10.2 Å². The number of thiazole rings is 1. The maximum absolute atomic E-state index is 12.0. The molecule has 7 heteroatoms. The van der Waals surface area contributed by atoms with Crippen LogP contribution in [0.5, 0.6) is 0 Å². The molecule has 3 aromatic rings. The summed E-state index contributed by atoms with van der Waals surface area (Å²) in [6.07, 6.45) is 3.03. The number of hydrogen-bond donors (Lipinski definition) is 1. The van der Waals surface area contributed by atoms with Gasteiger partial charge in [-0.25, -0.2) is 4.98 Å². The van der Waals surface area contributed by atoms with E-state index in [-0.39, 0.29) is 5.91 Å². The highest BCUT2D eigenvalue weighted by Crippen LogP contribution is 2.30. The van der Waals surface area contributed by atoms with Crippen LogP contribution in [0.1, 0.15) is 11.1 Å². The van der Waals surface area contributed by atoms with Crippen molar-refractivity contribution in [3.63, 3.8) is 0 Å². The second kappa shape index (κ2) is 7.11. The van der Waals surface area contributed by atoms with E-state index in [0.29, 0.717) is 25.8 Å². The van der Waals surface area contributed by atoms with Gasteiger partial charge in [0.2, 0.25) is 5.91 Å². The molecule has 0 saturated heterocycles. The minimum absolute atomic E-state index is 0.289. The van der Waals surface area contributed by atoms with Crippen molar-refractivity contribution in [3.8, 4) is 0 Å². The Kier molecular flexibility index (Phi) is 5.11. The fourth-order valence-electron chi connectivity index (χ4n) is 2.05. The number of rotatable bonds is 3. The van der Waals surface area contributed by atoms with Crippen molar-refractivity contribution in [2.75, 3.05) is 5.32 Å². The van der Waals surface area contributed by atoms with Crippen LogP contribution < -0.4 is 5.32 Å². The Labute approximate surface area is 157 Å². The van der Waals surface area contributed by atoms with Crippen molar-refractivity contribution < 1.29 is 4.79 Å². The Bertz CT molecular complexity index is 927. The Morgan fingerprint density at radius 3 is 2.71 bits per heavy atom. The summed E-state index contributed by atoms with van der Waals surface area (Å²) < 4.78 is 0.969. The van der Waals surface area contributed by atoms with Crippen LogP contribution >= 0.6 is 46.1 Å². The summed E-state index contributed by atoms with van der Waals surface area (Å²) in [5.41, 5.74) is 2.45. The number of aromatic nitrogens is 1. The van der Waals surface area contributed by atoms with Crippen LogP contribution in [0.15, 0.2) is 36.4 Å². The Morgan fingerprint density at radius 1 is 1.17 bits per heavy atom. The predicted octanol–water partition coefficient (Wildman–Crippen LogP) is 6.22. The number of carbonyl (C=O) groups excluding carboxylic acids is 1. The average Bonchev–Trinajstić information content (AvgIpc) is 2.88. The Morgan fingerprint density at radius 2 is 1.96 bits per heavy atom. The van der Waals surface area contributed by atoms with Gasteiger partial charge >= 0.3 is 0 Å². The average molecular weight is 398 g/mol. The van der Waals surface area contributed by atoms with Crippen LogP contribution in [0.3, 0.4) is 0 Å². The van der Waals surface area contributed by atoms with Gasteiger partial charge in [-0.15, -0.1) is 0 Å². The van der Waals surface area contributed by atoms with Gasteiger partial charge in [-0.3, -0.25) is 10.1 Å². The van der Waals surface area contributed by atoms with Crippen molar-refractivity contribution in [2.45, 2.75) is 6.92 Å². The molecule has 0 aliphatic rings. The largest absolute Gasteiger partial charge is 0.298 e. The van der Waals surface area contributed by atoms with Crippen molar-refractivity contribution >= 4 is 73.5 Å². The van der Waals surface area contributed by atoms with E-state index in [0.717, 1.165) is 15.8 Å². The Balaban J connectivity index is 1.76. The molecule has 1 heterocycles. The van der Waals surface area contributed by atoms with Crippen LogP contribution in [-0.2, 0) is 4.79 Å². The van der Waals surface area contributed by atoms with Gasteiger partial charge in [0.25, 0.3) is 0 Å². The van der Waals surface area contributed by atoms with Gasteiger partial charge in [-0.05, 0) is 48.4 Å². The van der Waals surface area contributed by atoms with Gasteiger partial charge in [0, 0.05) is 21.1 Å².